The van der Waals surface area contributed by atoms with Crippen molar-refractivity contribution < 1.29 is 8.42 Å². The number of sulfonamides is 1. The number of rotatable bonds is 6. The number of nitrogens with two attached hydrogens (primary N) is 1. The summed E-state index contributed by atoms with van der Waals surface area (Å²) in [7, 11) is -3.52. The summed E-state index contributed by atoms with van der Waals surface area (Å²) < 4.78 is 27.2. The van der Waals surface area contributed by atoms with Gasteiger partial charge >= 0.3 is 0 Å². The van der Waals surface area contributed by atoms with Crippen LogP contribution < -0.4 is 10.5 Å². The summed E-state index contributed by atoms with van der Waals surface area (Å²) in [4.78, 5) is 0.514. The molecule has 1 aromatic heterocycles. The molecule has 0 fully saturated rings. The Bertz CT molecular complexity index is 738. The highest BCUT2D eigenvalue weighted by Crippen LogP contribution is 2.17. The summed E-state index contributed by atoms with van der Waals surface area (Å²) in [5.41, 5.74) is 7.97. The molecule has 7 heteroatoms. The highest BCUT2D eigenvalue weighted by atomic mass is 32.2. The van der Waals surface area contributed by atoms with Gasteiger partial charge in [0.1, 0.15) is 4.99 Å². The van der Waals surface area contributed by atoms with Crippen molar-refractivity contribution in [2.24, 2.45) is 5.73 Å². The second-order valence-electron chi connectivity index (χ2n) is 4.62. The van der Waals surface area contributed by atoms with Crippen molar-refractivity contribution in [1.29, 1.82) is 0 Å². The van der Waals surface area contributed by atoms with E-state index in [9.17, 15) is 8.42 Å². The van der Waals surface area contributed by atoms with Gasteiger partial charge in [0.05, 0.1) is 4.90 Å². The monoisotopic (exact) mass is 340 g/mol. The molecule has 21 heavy (non-hydrogen) atoms. The Balaban J connectivity index is 2.10. The van der Waals surface area contributed by atoms with Crippen LogP contribution in [0, 0.1) is 6.92 Å². The summed E-state index contributed by atoms with van der Waals surface area (Å²) in [5, 5.41) is 3.99. The lowest BCUT2D eigenvalue weighted by atomic mass is 10.1. The van der Waals surface area contributed by atoms with E-state index in [1.807, 2.05) is 16.8 Å². The third kappa shape index (κ3) is 4.10. The van der Waals surface area contributed by atoms with Crippen LogP contribution in [0.25, 0.3) is 0 Å². The lowest BCUT2D eigenvalue weighted by molar-refractivity contribution is 0.581. The maximum absolute atomic E-state index is 12.3. The molecule has 0 aliphatic heterocycles. The Morgan fingerprint density at radius 3 is 2.71 bits per heavy atom. The molecule has 0 bridgehead atoms. The second kappa shape index (κ2) is 6.65. The van der Waals surface area contributed by atoms with Gasteiger partial charge in [0.25, 0.3) is 0 Å². The average Bonchev–Trinajstić information content (AvgIpc) is 2.91. The standard InChI is InChI=1S/C14H16N2O2S3/c1-10-8-12(14(15)19)2-3-13(10)21(17,18)16-6-4-11-5-7-20-9-11/h2-3,5,7-9,16H,4,6H2,1H3,(H2,15,19). The largest absolute Gasteiger partial charge is 0.389 e. The fourth-order valence-electron chi connectivity index (χ4n) is 1.95. The topological polar surface area (TPSA) is 72.2 Å². The first-order valence-electron chi connectivity index (χ1n) is 6.31. The molecule has 1 heterocycles. The first-order chi connectivity index (χ1) is 9.90. The summed E-state index contributed by atoms with van der Waals surface area (Å²) in [6.07, 6.45) is 0.673. The van der Waals surface area contributed by atoms with Crippen molar-refractivity contribution in [3.05, 3.63) is 51.7 Å². The van der Waals surface area contributed by atoms with E-state index >= 15 is 0 Å². The van der Waals surface area contributed by atoms with Crippen molar-refractivity contribution >= 4 is 38.6 Å². The molecule has 0 saturated carbocycles. The van der Waals surface area contributed by atoms with Crippen LogP contribution in [-0.4, -0.2) is 20.0 Å². The van der Waals surface area contributed by atoms with Crippen LogP contribution in [-0.2, 0) is 16.4 Å². The lowest BCUT2D eigenvalue weighted by Gasteiger charge is -2.10. The number of thiophene rings is 1. The number of benzene rings is 1. The fourth-order valence-corrected chi connectivity index (χ4v) is 4.03. The zero-order valence-electron chi connectivity index (χ0n) is 11.5. The van der Waals surface area contributed by atoms with E-state index in [4.69, 9.17) is 18.0 Å². The van der Waals surface area contributed by atoms with E-state index in [0.29, 0.717) is 24.1 Å². The van der Waals surface area contributed by atoms with Crippen LogP contribution in [0.2, 0.25) is 0 Å². The molecule has 0 unspecified atom stereocenters. The van der Waals surface area contributed by atoms with Crippen LogP contribution in [0.5, 0.6) is 0 Å². The SMILES string of the molecule is Cc1cc(C(N)=S)ccc1S(=O)(=O)NCCc1ccsc1. The highest BCUT2D eigenvalue weighted by molar-refractivity contribution is 7.89. The van der Waals surface area contributed by atoms with E-state index < -0.39 is 10.0 Å². The summed E-state index contributed by atoms with van der Waals surface area (Å²) in [6, 6.07) is 6.84. The molecule has 0 aliphatic carbocycles. The molecule has 0 saturated heterocycles. The van der Waals surface area contributed by atoms with E-state index in [0.717, 1.165) is 5.56 Å². The van der Waals surface area contributed by atoms with E-state index in [1.165, 1.54) is 6.07 Å². The predicted octanol–water partition coefficient (Wildman–Crippen LogP) is 2.21. The maximum atomic E-state index is 12.3. The van der Waals surface area contributed by atoms with Crippen molar-refractivity contribution in [3.8, 4) is 0 Å². The first kappa shape index (κ1) is 16.1. The summed E-state index contributed by atoms with van der Waals surface area (Å²) in [5.74, 6) is 0. The first-order valence-corrected chi connectivity index (χ1v) is 9.15. The number of hydrogen-bond donors (Lipinski definition) is 2. The molecular weight excluding hydrogens is 324 g/mol. The fraction of sp³-hybridized carbons (Fsp3) is 0.214. The smallest absolute Gasteiger partial charge is 0.240 e. The molecule has 2 aromatic rings. The molecule has 0 aliphatic rings. The van der Waals surface area contributed by atoms with E-state index in [-0.39, 0.29) is 9.88 Å². The van der Waals surface area contributed by atoms with Gasteiger partial charge in [-0.3, -0.25) is 0 Å². The van der Waals surface area contributed by atoms with Gasteiger partial charge in [-0.05, 0) is 53.4 Å². The molecule has 0 radical (unpaired) electrons. The van der Waals surface area contributed by atoms with Crippen molar-refractivity contribution in [2.45, 2.75) is 18.2 Å². The minimum Gasteiger partial charge on any atom is -0.389 e. The Labute approximate surface area is 134 Å². The van der Waals surface area contributed by atoms with E-state index in [2.05, 4.69) is 4.72 Å². The predicted molar refractivity (Wildman–Crippen MR) is 90.3 cm³/mol. The lowest BCUT2D eigenvalue weighted by Crippen LogP contribution is -2.26. The average molecular weight is 340 g/mol. The van der Waals surface area contributed by atoms with Gasteiger partial charge in [-0.15, -0.1) is 0 Å². The number of thiocarbonyl (C=S) groups is 1. The Kier molecular flexibility index (Phi) is 5.10. The number of nitrogens with one attached hydrogen (secondary N) is 1. The van der Waals surface area contributed by atoms with Gasteiger partial charge in [0.2, 0.25) is 10.0 Å². The number of aryl methyl sites for hydroxylation is 1. The van der Waals surface area contributed by atoms with Gasteiger partial charge in [-0.1, -0.05) is 18.3 Å². The normalized spacial score (nSPS) is 11.5. The van der Waals surface area contributed by atoms with Crippen LogP contribution in [0.1, 0.15) is 16.7 Å². The third-order valence-electron chi connectivity index (χ3n) is 3.03. The molecule has 1 aromatic carbocycles. The van der Waals surface area contributed by atoms with Gasteiger partial charge in [-0.25, -0.2) is 13.1 Å². The van der Waals surface area contributed by atoms with Gasteiger partial charge < -0.3 is 5.73 Å². The van der Waals surface area contributed by atoms with E-state index in [1.54, 1.807) is 30.4 Å². The van der Waals surface area contributed by atoms with Crippen LogP contribution in [0.15, 0.2) is 39.9 Å². The molecule has 3 N–H and O–H groups in total. The zero-order chi connectivity index (χ0) is 15.5. The molecule has 0 spiro atoms. The van der Waals surface area contributed by atoms with Crippen LogP contribution in [0.4, 0.5) is 0 Å². The minimum absolute atomic E-state index is 0.257. The minimum atomic E-state index is -3.52. The van der Waals surface area contributed by atoms with Crippen molar-refractivity contribution in [1.82, 2.24) is 4.72 Å². The van der Waals surface area contributed by atoms with Gasteiger partial charge in [-0.2, -0.15) is 11.3 Å². The van der Waals surface area contributed by atoms with Crippen LogP contribution in [0.3, 0.4) is 0 Å². The molecular formula is C14H16N2O2S3. The van der Waals surface area contributed by atoms with Gasteiger partial charge in [0.15, 0.2) is 0 Å². The Morgan fingerprint density at radius 1 is 1.38 bits per heavy atom. The Hall–Kier alpha value is -1.28. The molecule has 112 valence electrons. The molecule has 0 atom stereocenters. The summed E-state index contributed by atoms with van der Waals surface area (Å²) >= 11 is 6.49. The summed E-state index contributed by atoms with van der Waals surface area (Å²) in [6.45, 7) is 2.10. The van der Waals surface area contributed by atoms with Crippen molar-refractivity contribution in [3.63, 3.8) is 0 Å². The second-order valence-corrected chi connectivity index (χ2v) is 7.58. The molecule has 4 nitrogen and oxygen atoms in total. The van der Waals surface area contributed by atoms with Crippen LogP contribution >= 0.6 is 23.6 Å². The highest BCUT2D eigenvalue weighted by Gasteiger charge is 2.16. The quantitative estimate of drug-likeness (QED) is 0.791. The number of hydrogen-bond acceptors (Lipinski definition) is 4. The van der Waals surface area contributed by atoms with Gasteiger partial charge in [0, 0.05) is 12.1 Å². The third-order valence-corrected chi connectivity index (χ3v) is 5.62. The van der Waals surface area contributed by atoms with Crippen molar-refractivity contribution in [2.75, 3.05) is 6.54 Å². The molecule has 0 amide bonds. The maximum Gasteiger partial charge on any atom is 0.240 e. The Morgan fingerprint density at radius 2 is 2.14 bits per heavy atom. The zero-order valence-corrected chi connectivity index (χ0v) is 13.9. The molecule has 2 rings (SSSR count).